The van der Waals surface area contributed by atoms with Crippen molar-refractivity contribution in [2.45, 2.75) is 46.7 Å². The smallest absolute Gasteiger partial charge is 0.227 e. The second-order valence-electron chi connectivity index (χ2n) is 8.67. The molecule has 3 rings (SSSR count). The molecule has 0 saturated carbocycles. The number of hydrogen-bond donors (Lipinski definition) is 1. The highest BCUT2D eigenvalue weighted by atomic mass is 16.2. The van der Waals surface area contributed by atoms with Crippen LogP contribution in [0.5, 0.6) is 0 Å². The van der Waals surface area contributed by atoms with E-state index < -0.39 is 0 Å². The van der Waals surface area contributed by atoms with Gasteiger partial charge in [-0.25, -0.2) is 0 Å². The SMILES string of the molecule is Cc1ccc(CN(C(=O)CC(C)C)c2cccc(CC(=O)NCc3ccccc3)c2)cc1. The predicted molar refractivity (Wildman–Crippen MR) is 130 cm³/mol. The molecule has 4 nitrogen and oxygen atoms in total. The monoisotopic (exact) mass is 428 g/mol. The molecule has 0 fully saturated rings. The van der Waals surface area contributed by atoms with Crippen LogP contribution in [0.2, 0.25) is 0 Å². The third kappa shape index (κ3) is 7.09. The van der Waals surface area contributed by atoms with E-state index in [1.165, 1.54) is 5.56 Å². The molecule has 0 bridgehead atoms. The lowest BCUT2D eigenvalue weighted by molar-refractivity contribution is -0.120. The average Bonchev–Trinajstić information content (AvgIpc) is 2.77. The Morgan fingerprint density at radius 2 is 1.53 bits per heavy atom. The first kappa shape index (κ1) is 23.3. The Morgan fingerprint density at radius 3 is 2.22 bits per heavy atom. The maximum atomic E-state index is 13.1. The van der Waals surface area contributed by atoms with Gasteiger partial charge in [0.2, 0.25) is 11.8 Å². The van der Waals surface area contributed by atoms with Crippen LogP contribution in [0.4, 0.5) is 5.69 Å². The molecule has 2 amide bonds. The molecule has 0 aliphatic rings. The Kier molecular flexibility index (Phi) is 8.20. The third-order valence-electron chi connectivity index (χ3n) is 5.26. The summed E-state index contributed by atoms with van der Waals surface area (Å²) in [7, 11) is 0. The number of benzene rings is 3. The number of hydrogen-bond acceptors (Lipinski definition) is 2. The van der Waals surface area contributed by atoms with Gasteiger partial charge in [-0.3, -0.25) is 9.59 Å². The number of aryl methyl sites for hydroxylation is 1. The predicted octanol–water partition coefficient (Wildman–Crippen LogP) is 5.43. The molecule has 1 N–H and O–H groups in total. The first-order valence-electron chi connectivity index (χ1n) is 11.2. The molecule has 4 heteroatoms. The van der Waals surface area contributed by atoms with Crippen LogP contribution in [-0.2, 0) is 29.1 Å². The molecule has 0 spiro atoms. The van der Waals surface area contributed by atoms with Gasteiger partial charge in [-0.2, -0.15) is 0 Å². The van der Waals surface area contributed by atoms with E-state index in [-0.39, 0.29) is 24.2 Å². The van der Waals surface area contributed by atoms with Gasteiger partial charge in [-0.05, 0) is 41.7 Å². The van der Waals surface area contributed by atoms with Crippen molar-refractivity contribution < 1.29 is 9.59 Å². The summed E-state index contributed by atoms with van der Waals surface area (Å²) >= 11 is 0. The first-order chi connectivity index (χ1) is 15.4. The van der Waals surface area contributed by atoms with E-state index >= 15 is 0 Å². The minimum atomic E-state index is -0.0374. The minimum absolute atomic E-state index is 0.0374. The number of nitrogens with one attached hydrogen (secondary N) is 1. The molecule has 0 aliphatic heterocycles. The second kappa shape index (κ2) is 11.3. The topological polar surface area (TPSA) is 49.4 Å². The Balaban J connectivity index is 1.73. The molecule has 32 heavy (non-hydrogen) atoms. The van der Waals surface area contributed by atoms with Gasteiger partial charge in [0.05, 0.1) is 13.0 Å². The van der Waals surface area contributed by atoms with Gasteiger partial charge >= 0.3 is 0 Å². The fraction of sp³-hybridized carbons (Fsp3) is 0.286. The van der Waals surface area contributed by atoms with E-state index in [9.17, 15) is 9.59 Å². The van der Waals surface area contributed by atoms with Crippen LogP contribution in [0.1, 0.15) is 42.5 Å². The van der Waals surface area contributed by atoms with Crippen LogP contribution in [0.25, 0.3) is 0 Å². The number of amides is 2. The van der Waals surface area contributed by atoms with Crippen molar-refractivity contribution >= 4 is 17.5 Å². The molecule has 3 aromatic carbocycles. The zero-order valence-corrected chi connectivity index (χ0v) is 19.2. The lowest BCUT2D eigenvalue weighted by Crippen LogP contribution is -2.31. The van der Waals surface area contributed by atoms with Gasteiger partial charge in [-0.15, -0.1) is 0 Å². The molecule has 0 radical (unpaired) electrons. The van der Waals surface area contributed by atoms with Gasteiger partial charge in [0, 0.05) is 18.7 Å². The molecule has 0 saturated heterocycles. The van der Waals surface area contributed by atoms with Crippen LogP contribution in [-0.4, -0.2) is 11.8 Å². The first-order valence-corrected chi connectivity index (χ1v) is 11.2. The number of nitrogens with zero attached hydrogens (tertiary/aromatic N) is 1. The van der Waals surface area contributed by atoms with Crippen molar-refractivity contribution in [3.05, 3.63) is 101 Å². The lowest BCUT2D eigenvalue weighted by atomic mass is 10.1. The molecule has 0 atom stereocenters. The summed E-state index contributed by atoms with van der Waals surface area (Å²) in [5, 5.41) is 2.97. The fourth-order valence-electron chi connectivity index (χ4n) is 3.54. The molecule has 3 aromatic rings. The number of anilines is 1. The third-order valence-corrected chi connectivity index (χ3v) is 5.26. The Morgan fingerprint density at radius 1 is 0.844 bits per heavy atom. The van der Waals surface area contributed by atoms with Crippen LogP contribution in [0, 0.1) is 12.8 Å². The highest BCUT2D eigenvalue weighted by molar-refractivity contribution is 5.93. The Bertz CT molecular complexity index is 1030. The van der Waals surface area contributed by atoms with Crippen molar-refractivity contribution in [3.8, 4) is 0 Å². The molecule has 0 aromatic heterocycles. The maximum absolute atomic E-state index is 13.1. The van der Waals surface area contributed by atoms with E-state index in [2.05, 4.69) is 50.4 Å². The highest BCUT2D eigenvalue weighted by Crippen LogP contribution is 2.22. The van der Waals surface area contributed by atoms with Crippen LogP contribution in [0.15, 0.2) is 78.9 Å². The summed E-state index contributed by atoms with van der Waals surface area (Å²) in [6.45, 7) is 7.17. The van der Waals surface area contributed by atoms with Crippen molar-refractivity contribution in [2.75, 3.05) is 4.90 Å². The summed E-state index contributed by atoms with van der Waals surface area (Å²) in [5.41, 5.74) is 5.05. The summed E-state index contributed by atoms with van der Waals surface area (Å²) in [5.74, 6) is 0.325. The lowest BCUT2D eigenvalue weighted by Gasteiger charge is -2.25. The zero-order valence-electron chi connectivity index (χ0n) is 19.2. The summed E-state index contributed by atoms with van der Waals surface area (Å²) in [6, 6.07) is 25.9. The summed E-state index contributed by atoms with van der Waals surface area (Å²) in [4.78, 5) is 27.4. The zero-order chi connectivity index (χ0) is 22.9. The number of rotatable bonds is 9. The number of carbonyl (C=O) groups excluding carboxylic acids is 2. The van der Waals surface area contributed by atoms with Crippen LogP contribution < -0.4 is 10.2 Å². The molecule has 0 heterocycles. The Hall–Kier alpha value is -3.40. The van der Waals surface area contributed by atoms with Gasteiger partial charge in [0.1, 0.15) is 0 Å². The van der Waals surface area contributed by atoms with E-state index in [0.717, 1.165) is 22.4 Å². The van der Waals surface area contributed by atoms with Gasteiger partial charge < -0.3 is 10.2 Å². The molecular formula is C28H32N2O2. The number of carbonyl (C=O) groups is 2. The molecule has 166 valence electrons. The molecule has 0 unspecified atom stereocenters. The van der Waals surface area contributed by atoms with Gasteiger partial charge in [0.25, 0.3) is 0 Å². The minimum Gasteiger partial charge on any atom is -0.352 e. The largest absolute Gasteiger partial charge is 0.352 e. The normalized spacial score (nSPS) is 10.8. The Labute approximate surface area is 191 Å². The summed E-state index contributed by atoms with van der Waals surface area (Å²) < 4.78 is 0. The van der Waals surface area contributed by atoms with Crippen LogP contribution >= 0.6 is 0 Å². The van der Waals surface area contributed by atoms with E-state index in [4.69, 9.17) is 0 Å². The maximum Gasteiger partial charge on any atom is 0.227 e. The van der Waals surface area contributed by atoms with E-state index in [0.29, 0.717) is 19.5 Å². The second-order valence-corrected chi connectivity index (χ2v) is 8.67. The summed E-state index contributed by atoms with van der Waals surface area (Å²) in [6.07, 6.45) is 0.755. The highest BCUT2D eigenvalue weighted by Gasteiger charge is 2.18. The van der Waals surface area contributed by atoms with Crippen molar-refractivity contribution in [1.29, 1.82) is 0 Å². The fourth-order valence-corrected chi connectivity index (χ4v) is 3.54. The van der Waals surface area contributed by atoms with Gasteiger partial charge in [0.15, 0.2) is 0 Å². The van der Waals surface area contributed by atoms with Gasteiger partial charge in [-0.1, -0.05) is 86.1 Å². The van der Waals surface area contributed by atoms with Crippen LogP contribution in [0.3, 0.4) is 0 Å². The van der Waals surface area contributed by atoms with Crippen molar-refractivity contribution in [1.82, 2.24) is 5.32 Å². The van der Waals surface area contributed by atoms with Crippen molar-refractivity contribution in [3.63, 3.8) is 0 Å². The molecular weight excluding hydrogens is 396 g/mol. The van der Waals surface area contributed by atoms with E-state index in [1.54, 1.807) is 0 Å². The standard InChI is InChI=1S/C28H32N2O2/c1-21(2)16-28(32)30(20-24-14-12-22(3)13-15-24)26-11-7-10-25(17-26)18-27(31)29-19-23-8-5-4-6-9-23/h4-15,17,21H,16,18-20H2,1-3H3,(H,29,31). The van der Waals surface area contributed by atoms with E-state index in [1.807, 2.05) is 59.5 Å². The quantitative estimate of drug-likeness (QED) is 0.494. The van der Waals surface area contributed by atoms with Crippen molar-refractivity contribution in [2.24, 2.45) is 5.92 Å². The average molecular weight is 429 g/mol. The molecule has 0 aliphatic carbocycles.